The second kappa shape index (κ2) is 3.30. The van der Waals surface area contributed by atoms with Gasteiger partial charge in [-0.25, -0.2) is 9.18 Å². The summed E-state index contributed by atoms with van der Waals surface area (Å²) in [6.45, 7) is 3.13. The third-order valence-electron chi connectivity index (χ3n) is 3.55. The van der Waals surface area contributed by atoms with E-state index in [4.69, 9.17) is 5.11 Å². The van der Waals surface area contributed by atoms with Crippen molar-refractivity contribution in [2.45, 2.75) is 37.8 Å². The van der Waals surface area contributed by atoms with E-state index in [0.29, 0.717) is 0 Å². The van der Waals surface area contributed by atoms with Gasteiger partial charge in [-0.3, -0.25) is 0 Å². The van der Waals surface area contributed by atoms with Crippen LogP contribution in [0.2, 0.25) is 0 Å². The zero-order chi connectivity index (χ0) is 12.0. The second-order valence-corrected chi connectivity index (χ2v) is 4.94. The van der Waals surface area contributed by atoms with Crippen molar-refractivity contribution in [1.82, 2.24) is 0 Å². The van der Waals surface area contributed by atoms with Crippen LogP contribution in [-0.2, 0) is 5.41 Å². The maximum atomic E-state index is 14.1. The van der Waals surface area contributed by atoms with Gasteiger partial charge in [0.2, 0.25) is 0 Å². The largest absolute Gasteiger partial charge is 0.478 e. The van der Waals surface area contributed by atoms with Gasteiger partial charge in [-0.15, -0.1) is 0 Å². The van der Waals surface area contributed by atoms with Crippen molar-refractivity contribution in [2.75, 3.05) is 0 Å². The molecule has 3 heteroatoms. The molecule has 1 saturated carbocycles. The Morgan fingerprint density at radius 1 is 1.44 bits per heavy atom. The Morgan fingerprint density at radius 2 is 2.06 bits per heavy atom. The van der Waals surface area contributed by atoms with Gasteiger partial charge in [0.05, 0.1) is 5.56 Å². The van der Waals surface area contributed by atoms with Gasteiger partial charge in [0.1, 0.15) is 5.67 Å². The summed E-state index contributed by atoms with van der Waals surface area (Å²) in [6.07, 6.45) is 1.58. The van der Waals surface area contributed by atoms with E-state index in [9.17, 15) is 9.18 Å². The predicted molar refractivity (Wildman–Crippen MR) is 59.5 cm³/mol. The van der Waals surface area contributed by atoms with E-state index in [0.717, 1.165) is 18.4 Å². The monoisotopic (exact) mass is 222 g/mol. The number of carboxylic acid groups (broad SMARTS) is 1. The minimum Gasteiger partial charge on any atom is -0.478 e. The summed E-state index contributed by atoms with van der Waals surface area (Å²) in [5.41, 5.74) is -0.740. The molecule has 1 aliphatic rings. The number of halogens is 1. The Labute approximate surface area is 94.1 Å². The molecule has 0 bridgehead atoms. The Kier molecular flexibility index (Phi) is 2.30. The van der Waals surface area contributed by atoms with Crippen molar-refractivity contribution in [2.24, 2.45) is 0 Å². The van der Waals surface area contributed by atoms with Crippen LogP contribution in [0.3, 0.4) is 0 Å². The maximum absolute atomic E-state index is 14.1. The lowest BCUT2D eigenvalue weighted by molar-refractivity contribution is 0.0696. The number of alkyl halides is 1. The Bertz CT molecular complexity index is 428. The molecule has 1 fully saturated rings. The van der Waals surface area contributed by atoms with Gasteiger partial charge >= 0.3 is 5.97 Å². The molecule has 0 saturated heterocycles. The Morgan fingerprint density at radius 3 is 2.50 bits per heavy atom. The van der Waals surface area contributed by atoms with Crippen LogP contribution in [0, 0.1) is 0 Å². The van der Waals surface area contributed by atoms with Crippen LogP contribution in [0.25, 0.3) is 0 Å². The molecule has 0 atom stereocenters. The van der Waals surface area contributed by atoms with E-state index < -0.39 is 17.1 Å². The normalized spacial score (nSPS) is 18.2. The van der Waals surface area contributed by atoms with Crippen LogP contribution in [-0.4, -0.2) is 16.7 Å². The lowest BCUT2D eigenvalue weighted by atomic mass is 9.82. The molecule has 0 unspecified atom stereocenters. The lowest BCUT2D eigenvalue weighted by Gasteiger charge is -2.27. The van der Waals surface area contributed by atoms with E-state index >= 15 is 0 Å². The van der Waals surface area contributed by atoms with E-state index in [-0.39, 0.29) is 5.56 Å². The highest BCUT2D eigenvalue weighted by Crippen LogP contribution is 2.57. The first-order valence-corrected chi connectivity index (χ1v) is 5.40. The third-order valence-corrected chi connectivity index (χ3v) is 3.55. The standard InChI is InChI=1S/C13H15FO2/c1-12(2,14)13(6-7-13)10-5-3-4-9(8-10)11(15)16/h3-5,8H,6-7H2,1-2H3,(H,15,16). The molecule has 86 valence electrons. The van der Waals surface area contributed by atoms with Crippen molar-refractivity contribution in [1.29, 1.82) is 0 Å². The van der Waals surface area contributed by atoms with Gasteiger partial charge in [-0.2, -0.15) is 0 Å². The molecular formula is C13H15FO2. The van der Waals surface area contributed by atoms with Crippen molar-refractivity contribution in [3.8, 4) is 0 Å². The number of carboxylic acids is 1. The Balaban J connectivity index is 2.42. The smallest absolute Gasteiger partial charge is 0.335 e. The molecule has 2 nitrogen and oxygen atoms in total. The van der Waals surface area contributed by atoms with Crippen LogP contribution in [0.15, 0.2) is 24.3 Å². The van der Waals surface area contributed by atoms with Crippen molar-refractivity contribution in [3.05, 3.63) is 35.4 Å². The minimum atomic E-state index is -1.30. The highest BCUT2D eigenvalue weighted by atomic mass is 19.1. The number of benzene rings is 1. The first-order chi connectivity index (χ1) is 7.37. The van der Waals surface area contributed by atoms with Gasteiger partial charge in [0, 0.05) is 5.41 Å². The average Bonchev–Trinajstić information content (AvgIpc) is 2.97. The van der Waals surface area contributed by atoms with Crippen LogP contribution in [0.1, 0.15) is 42.6 Å². The molecule has 2 rings (SSSR count). The topological polar surface area (TPSA) is 37.3 Å². The first kappa shape index (κ1) is 11.1. The number of hydrogen-bond acceptors (Lipinski definition) is 1. The molecule has 1 aromatic carbocycles. The van der Waals surface area contributed by atoms with E-state index in [1.807, 2.05) is 6.07 Å². The SMILES string of the molecule is CC(C)(F)C1(c2cccc(C(=O)O)c2)CC1. The zero-order valence-electron chi connectivity index (χ0n) is 9.46. The van der Waals surface area contributed by atoms with E-state index in [1.165, 1.54) is 6.07 Å². The molecule has 0 spiro atoms. The lowest BCUT2D eigenvalue weighted by Crippen LogP contribution is -2.31. The molecule has 16 heavy (non-hydrogen) atoms. The average molecular weight is 222 g/mol. The number of rotatable bonds is 3. The Hall–Kier alpha value is -1.38. The summed E-state index contributed by atoms with van der Waals surface area (Å²) >= 11 is 0. The summed E-state index contributed by atoms with van der Waals surface area (Å²) in [5, 5.41) is 8.90. The molecular weight excluding hydrogens is 207 g/mol. The first-order valence-electron chi connectivity index (χ1n) is 5.40. The molecule has 0 heterocycles. The highest BCUT2D eigenvalue weighted by Gasteiger charge is 2.56. The van der Waals surface area contributed by atoms with Crippen molar-refractivity contribution < 1.29 is 14.3 Å². The van der Waals surface area contributed by atoms with Crippen LogP contribution >= 0.6 is 0 Å². The highest BCUT2D eigenvalue weighted by molar-refractivity contribution is 5.87. The van der Waals surface area contributed by atoms with Crippen LogP contribution in [0.4, 0.5) is 4.39 Å². The molecule has 0 aromatic heterocycles. The summed E-state index contributed by atoms with van der Waals surface area (Å²) in [6, 6.07) is 6.63. The van der Waals surface area contributed by atoms with Gasteiger partial charge in [-0.1, -0.05) is 12.1 Å². The number of aromatic carboxylic acids is 1. The molecule has 0 aliphatic heterocycles. The summed E-state index contributed by atoms with van der Waals surface area (Å²) in [7, 11) is 0. The van der Waals surface area contributed by atoms with Gasteiger partial charge in [-0.05, 0) is 44.4 Å². The second-order valence-electron chi connectivity index (χ2n) is 4.94. The van der Waals surface area contributed by atoms with E-state index in [1.54, 1.807) is 26.0 Å². The van der Waals surface area contributed by atoms with Gasteiger partial charge < -0.3 is 5.11 Å². The predicted octanol–water partition coefficient (Wildman–Crippen LogP) is 3.16. The minimum absolute atomic E-state index is 0.230. The van der Waals surface area contributed by atoms with Gasteiger partial charge in [0.15, 0.2) is 0 Å². The van der Waals surface area contributed by atoms with Crippen molar-refractivity contribution >= 4 is 5.97 Å². The maximum Gasteiger partial charge on any atom is 0.335 e. The summed E-state index contributed by atoms with van der Waals surface area (Å²) < 4.78 is 14.1. The summed E-state index contributed by atoms with van der Waals surface area (Å²) in [4.78, 5) is 10.9. The molecule has 0 amide bonds. The van der Waals surface area contributed by atoms with Crippen molar-refractivity contribution in [3.63, 3.8) is 0 Å². The number of carbonyl (C=O) groups is 1. The summed E-state index contributed by atoms with van der Waals surface area (Å²) in [5.74, 6) is -0.964. The van der Waals surface area contributed by atoms with E-state index in [2.05, 4.69) is 0 Å². The molecule has 1 N–H and O–H groups in total. The fraction of sp³-hybridized carbons (Fsp3) is 0.462. The fourth-order valence-electron chi connectivity index (χ4n) is 2.30. The number of hydrogen-bond donors (Lipinski definition) is 1. The fourth-order valence-corrected chi connectivity index (χ4v) is 2.30. The van der Waals surface area contributed by atoms with Crippen LogP contribution < -0.4 is 0 Å². The third kappa shape index (κ3) is 1.60. The quantitative estimate of drug-likeness (QED) is 0.852. The molecule has 1 aliphatic carbocycles. The van der Waals surface area contributed by atoms with Gasteiger partial charge in [0.25, 0.3) is 0 Å². The zero-order valence-corrected chi connectivity index (χ0v) is 9.46. The molecule has 1 aromatic rings. The molecule has 0 radical (unpaired) electrons. The van der Waals surface area contributed by atoms with Crippen LogP contribution in [0.5, 0.6) is 0 Å².